The quantitative estimate of drug-likeness (QED) is 0.842. The average Bonchev–Trinajstić information content (AvgIpc) is 2.90. The monoisotopic (exact) mass is 339 g/mol. The van der Waals surface area contributed by atoms with Gasteiger partial charge < -0.3 is 4.90 Å². The van der Waals surface area contributed by atoms with Crippen LogP contribution in [0.5, 0.6) is 0 Å². The molecule has 0 aromatic carbocycles. The molecule has 0 bridgehead atoms. The average molecular weight is 339 g/mol. The van der Waals surface area contributed by atoms with E-state index in [4.69, 9.17) is 0 Å². The Morgan fingerprint density at radius 1 is 1.32 bits per heavy atom. The Morgan fingerprint density at radius 2 is 2.09 bits per heavy atom. The molecule has 120 valence electrons. The number of fused-ring (bicyclic) bond motifs is 1. The molecule has 7 heteroatoms. The van der Waals surface area contributed by atoms with Crippen LogP contribution in [0, 0.1) is 0 Å². The number of thiophene rings is 1. The van der Waals surface area contributed by atoms with Crippen molar-refractivity contribution >= 4 is 37.2 Å². The first-order valence-corrected chi connectivity index (χ1v) is 10.1. The smallest absolute Gasteiger partial charge is 0.157 e. The highest BCUT2D eigenvalue weighted by atomic mass is 32.2. The fourth-order valence-corrected chi connectivity index (χ4v) is 4.86. The molecular weight excluding hydrogens is 318 g/mol. The van der Waals surface area contributed by atoms with Gasteiger partial charge in [-0.3, -0.25) is 0 Å². The second kappa shape index (κ2) is 5.45. The maximum atomic E-state index is 12.4. The Kier molecular flexibility index (Phi) is 3.89. The van der Waals surface area contributed by atoms with Crippen molar-refractivity contribution in [3.05, 3.63) is 17.3 Å². The molecule has 1 saturated heterocycles. The van der Waals surface area contributed by atoms with Gasteiger partial charge in [-0.1, -0.05) is 6.92 Å². The van der Waals surface area contributed by atoms with E-state index in [1.165, 1.54) is 0 Å². The lowest BCUT2D eigenvalue weighted by Crippen LogP contribution is -2.33. The summed E-state index contributed by atoms with van der Waals surface area (Å²) in [5.41, 5.74) is 0. The molecule has 22 heavy (non-hydrogen) atoms. The molecule has 0 amide bonds. The number of aryl methyl sites for hydroxylation is 1. The van der Waals surface area contributed by atoms with Gasteiger partial charge in [0.1, 0.15) is 16.5 Å². The van der Waals surface area contributed by atoms with Crippen LogP contribution in [0.15, 0.2) is 11.4 Å². The second-order valence-electron chi connectivity index (χ2n) is 6.27. The number of hydrogen-bond donors (Lipinski definition) is 0. The molecule has 5 nitrogen and oxygen atoms in total. The minimum Gasteiger partial charge on any atom is -0.355 e. The van der Waals surface area contributed by atoms with Crippen LogP contribution in [0.3, 0.4) is 0 Å². The molecular formula is C15H21N3O2S2. The zero-order valence-corrected chi connectivity index (χ0v) is 14.8. The van der Waals surface area contributed by atoms with E-state index in [0.717, 1.165) is 28.3 Å². The molecule has 0 N–H and O–H groups in total. The van der Waals surface area contributed by atoms with E-state index < -0.39 is 14.6 Å². The summed E-state index contributed by atoms with van der Waals surface area (Å²) in [5.74, 6) is 1.88. The van der Waals surface area contributed by atoms with Crippen molar-refractivity contribution in [2.45, 2.75) is 38.4 Å². The summed E-state index contributed by atoms with van der Waals surface area (Å²) in [5, 5.41) is 3.04. The van der Waals surface area contributed by atoms with Gasteiger partial charge in [0.25, 0.3) is 0 Å². The lowest BCUT2D eigenvalue weighted by atomic mass is 10.1. The molecule has 0 aliphatic carbocycles. The van der Waals surface area contributed by atoms with Crippen LogP contribution in [0.1, 0.15) is 33.0 Å². The highest BCUT2D eigenvalue weighted by molar-refractivity contribution is 7.92. The lowest BCUT2D eigenvalue weighted by Gasteiger charge is -2.23. The normalized spacial score (nSPS) is 21.0. The van der Waals surface area contributed by atoms with E-state index in [1.54, 1.807) is 11.3 Å². The van der Waals surface area contributed by atoms with Gasteiger partial charge in [0.05, 0.1) is 15.9 Å². The van der Waals surface area contributed by atoms with Crippen LogP contribution in [0.2, 0.25) is 0 Å². The van der Waals surface area contributed by atoms with Crippen molar-refractivity contribution < 1.29 is 8.42 Å². The van der Waals surface area contributed by atoms with E-state index in [9.17, 15) is 8.42 Å². The highest BCUT2D eigenvalue weighted by Gasteiger charge is 2.37. The van der Waals surface area contributed by atoms with Crippen molar-refractivity contribution in [3.8, 4) is 0 Å². The molecule has 0 saturated carbocycles. The van der Waals surface area contributed by atoms with E-state index in [2.05, 4.69) is 14.9 Å². The number of rotatable bonds is 2. The Bertz CT molecular complexity index is 796. The molecule has 2 aromatic rings. The van der Waals surface area contributed by atoms with Gasteiger partial charge in [-0.15, -0.1) is 11.3 Å². The zero-order chi connectivity index (χ0) is 16.0. The summed E-state index contributed by atoms with van der Waals surface area (Å²) in [6.45, 7) is 6.88. The van der Waals surface area contributed by atoms with Crippen LogP contribution >= 0.6 is 11.3 Å². The summed E-state index contributed by atoms with van der Waals surface area (Å²) in [6, 6.07) is 2.03. The van der Waals surface area contributed by atoms with Crippen LogP contribution in [-0.2, 0) is 16.3 Å². The predicted octanol–water partition coefficient (Wildman–Crippen LogP) is 2.66. The summed E-state index contributed by atoms with van der Waals surface area (Å²) in [4.78, 5) is 12.3. The molecule has 3 rings (SSSR count). The summed E-state index contributed by atoms with van der Waals surface area (Å²) in [6.07, 6.45) is 1.39. The molecule has 0 unspecified atom stereocenters. The summed E-state index contributed by atoms with van der Waals surface area (Å²) < 4.78 is 24.1. The first-order valence-electron chi connectivity index (χ1n) is 7.55. The summed E-state index contributed by atoms with van der Waals surface area (Å²) >= 11 is 1.60. The number of sulfone groups is 1. The molecule has 3 heterocycles. The topological polar surface area (TPSA) is 63.2 Å². The Balaban J connectivity index is 2.03. The van der Waals surface area contributed by atoms with Crippen LogP contribution in [0.4, 0.5) is 5.82 Å². The van der Waals surface area contributed by atoms with E-state index in [0.29, 0.717) is 19.5 Å². The van der Waals surface area contributed by atoms with Gasteiger partial charge in [-0.05, 0) is 31.7 Å². The van der Waals surface area contributed by atoms with E-state index in [-0.39, 0.29) is 5.75 Å². The van der Waals surface area contributed by atoms with Gasteiger partial charge in [0, 0.05) is 19.5 Å². The van der Waals surface area contributed by atoms with Crippen molar-refractivity contribution in [1.29, 1.82) is 0 Å². The predicted molar refractivity (Wildman–Crippen MR) is 91.5 cm³/mol. The van der Waals surface area contributed by atoms with Gasteiger partial charge in [-0.25, -0.2) is 18.4 Å². The molecule has 0 spiro atoms. The first-order chi connectivity index (χ1) is 10.3. The van der Waals surface area contributed by atoms with Gasteiger partial charge in [0.2, 0.25) is 0 Å². The standard InChI is InChI=1S/C15H21N3O2S2/c1-4-12-16-13(11-5-9-21-14(11)17-12)18-7-6-15(2,3)22(19,20)10-8-18/h5,9H,4,6-8,10H2,1-3H3. The van der Waals surface area contributed by atoms with Gasteiger partial charge in [0.15, 0.2) is 9.84 Å². The van der Waals surface area contributed by atoms with Crippen molar-refractivity contribution in [2.75, 3.05) is 23.7 Å². The number of nitrogens with zero attached hydrogens (tertiary/aromatic N) is 3. The van der Waals surface area contributed by atoms with Crippen molar-refractivity contribution in [3.63, 3.8) is 0 Å². The fourth-order valence-electron chi connectivity index (χ4n) is 2.67. The third-order valence-corrected chi connectivity index (χ3v) is 7.84. The number of anilines is 1. The fraction of sp³-hybridized carbons (Fsp3) is 0.600. The minimum atomic E-state index is -3.08. The molecule has 0 radical (unpaired) electrons. The number of aromatic nitrogens is 2. The first kappa shape index (κ1) is 15.7. The van der Waals surface area contributed by atoms with Gasteiger partial charge >= 0.3 is 0 Å². The molecule has 1 aliphatic heterocycles. The second-order valence-corrected chi connectivity index (χ2v) is 9.91. The van der Waals surface area contributed by atoms with Gasteiger partial charge in [-0.2, -0.15) is 0 Å². The van der Waals surface area contributed by atoms with Crippen molar-refractivity contribution in [2.24, 2.45) is 0 Å². The maximum Gasteiger partial charge on any atom is 0.157 e. The highest BCUT2D eigenvalue weighted by Crippen LogP contribution is 2.32. The number of hydrogen-bond acceptors (Lipinski definition) is 6. The molecule has 0 atom stereocenters. The molecule has 2 aromatic heterocycles. The largest absolute Gasteiger partial charge is 0.355 e. The molecule has 1 aliphatic rings. The lowest BCUT2D eigenvalue weighted by molar-refractivity contribution is 0.538. The minimum absolute atomic E-state index is 0.178. The zero-order valence-electron chi connectivity index (χ0n) is 13.2. The third kappa shape index (κ3) is 2.60. The molecule has 1 fully saturated rings. The Labute approximate surface area is 135 Å². The van der Waals surface area contributed by atoms with Crippen LogP contribution in [0.25, 0.3) is 10.2 Å². The summed E-state index contributed by atoms with van der Waals surface area (Å²) in [7, 11) is -3.08. The third-order valence-electron chi connectivity index (χ3n) is 4.42. The van der Waals surface area contributed by atoms with Crippen molar-refractivity contribution in [1.82, 2.24) is 9.97 Å². The SMILES string of the molecule is CCc1nc(N2CCC(C)(C)S(=O)(=O)CC2)c2ccsc2n1. The Hall–Kier alpha value is -1.21. The van der Waals surface area contributed by atoms with E-state index >= 15 is 0 Å². The maximum absolute atomic E-state index is 12.4. The Morgan fingerprint density at radius 3 is 2.82 bits per heavy atom. The van der Waals surface area contributed by atoms with Crippen LogP contribution in [-0.4, -0.2) is 42.0 Å². The van der Waals surface area contributed by atoms with Crippen LogP contribution < -0.4 is 4.90 Å². The van der Waals surface area contributed by atoms with E-state index in [1.807, 2.05) is 32.2 Å².